The van der Waals surface area contributed by atoms with Crippen molar-refractivity contribution in [3.8, 4) is 0 Å². The molecule has 4 heteroatoms. The first-order valence-electron chi connectivity index (χ1n) is 12.2. The average molecular weight is 415 g/mol. The molecule has 4 aliphatic carbocycles. The Bertz CT molecular complexity index is 786. The van der Waals surface area contributed by atoms with Gasteiger partial charge in [0.1, 0.15) is 11.7 Å². The van der Waals surface area contributed by atoms with Crippen LogP contribution in [0, 0.1) is 34.5 Å². The minimum atomic E-state index is -0.255. The zero-order valence-corrected chi connectivity index (χ0v) is 19.2. The van der Waals surface area contributed by atoms with E-state index in [4.69, 9.17) is 9.47 Å². The molecule has 0 spiro atoms. The highest BCUT2D eigenvalue weighted by Gasteiger charge is 2.63. The smallest absolute Gasteiger partial charge is 0.306 e. The predicted octanol–water partition coefficient (Wildman–Crippen LogP) is 5.59. The second-order valence-electron chi connectivity index (χ2n) is 11.7. The number of hydrogen-bond acceptors (Lipinski definition) is 4. The van der Waals surface area contributed by atoms with Crippen molar-refractivity contribution in [1.29, 1.82) is 0 Å². The SMILES string of the molecule is CC(=O)O[C@H]1CC[C@@]2(C)C(=CCC3C4CCC(C5(C)CCC(=O)O5)[C@@]4(C)CCC32)C1. The molecule has 166 valence electrons. The molecule has 5 unspecified atom stereocenters. The maximum Gasteiger partial charge on any atom is 0.306 e. The Morgan fingerprint density at radius 3 is 2.57 bits per heavy atom. The van der Waals surface area contributed by atoms with Gasteiger partial charge in [-0.3, -0.25) is 9.59 Å². The van der Waals surface area contributed by atoms with E-state index in [0.717, 1.165) is 43.4 Å². The summed E-state index contributed by atoms with van der Waals surface area (Å²) in [5.41, 5.74) is 1.85. The van der Waals surface area contributed by atoms with Gasteiger partial charge in [-0.15, -0.1) is 0 Å². The highest BCUT2D eigenvalue weighted by Crippen LogP contribution is 2.68. The van der Waals surface area contributed by atoms with Crippen molar-refractivity contribution in [3.05, 3.63) is 11.6 Å². The molecule has 0 radical (unpaired) electrons. The lowest BCUT2D eigenvalue weighted by Crippen LogP contribution is -2.53. The van der Waals surface area contributed by atoms with Crippen molar-refractivity contribution < 1.29 is 19.1 Å². The van der Waals surface area contributed by atoms with Gasteiger partial charge >= 0.3 is 11.9 Å². The molecule has 8 atom stereocenters. The number of hydrogen-bond donors (Lipinski definition) is 0. The van der Waals surface area contributed by atoms with Gasteiger partial charge in [-0.1, -0.05) is 25.5 Å². The summed E-state index contributed by atoms with van der Waals surface area (Å²) in [6, 6.07) is 0. The summed E-state index contributed by atoms with van der Waals surface area (Å²) in [5.74, 6) is 2.57. The van der Waals surface area contributed by atoms with Crippen LogP contribution in [0.5, 0.6) is 0 Å². The first kappa shape index (κ1) is 20.6. The van der Waals surface area contributed by atoms with Gasteiger partial charge in [0.2, 0.25) is 0 Å². The highest BCUT2D eigenvalue weighted by molar-refractivity contribution is 5.72. The number of ether oxygens (including phenoxy) is 2. The van der Waals surface area contributed by atoms with E-state index >= 15 is 0 Å². The lowest BCUT2D eigenvalue weighted by Gasteiger charge is -2.59. The van der Waals surface area contributed by atoms with Crippen molar-refractivity contribution in [2.24, 2.45) is 34.5 Å². The van der Waals surface area contributed by atoms with Crippen LogP contribution in [-0.4, -0.2) is 23.6 Å². The predicted molar refractivity (Wildman–Crippen MR) is 114 cm³/mol. The fraction of sp³-hybridized carbons (Fsp3) is 0.846. The molecule has 5 aliphatic rings. The van der Waals surface area contributed by atoms with Crippen LogP contribution in [0.15, 0.2) is 11.6 Å². The second-order valence-corrected chi connectivity index (χ2v) is 11.7. The van der Waals surface area contributed by atoms with Crippen LogP contribution in [-0.2, 0) is 19.1 Å². The summed E-state index contributed by atoms with van der Waals surface area (Å²) >= 11 is 0. The summed E-state index contributed by atoms with van der Waals surface area (Å²) in [6.45, 7) is 8.75. The van der Waals surface area contributed by atoms with Crippen LogP contribution >= 0.6 is 0 Å². The molecule has 0 aromatic carbocycles. The van der Waals surface area contributed by atoms with E-state index in [1.165, 1.54) is 39.0 Å². The number of esters is 2. The normalized spacial score (nSPS) is 50.1. The van der Waals surface area contributed by atoms with Gasteiger partial charge in [-0.05, 0) is 86.9 Å². The Balaban J connectivity index is 1.39. The molecule has 3 saturated carbocycles. The molecular weight excluding hydrogens is 376 g/mol. The Morgan fingerprint density at radius 2 is 1.87 bits per heavy atom. The van der Waals surface area contributed by atoms with E-state index in [0.29, 0.717) is 12.3 Å². The maximum absolute atomic E-state index is 11.9. The van der Waals surface area contributed by atoms with Crippen LogP contribution in [0.3, 0.4) is 0 Å². The molecule has 30 heavy (non-hydrogen) atoms. The molecular formula is C26H38O4. The monoisotopic (exact) mass is 414 g/mol. The average Bonchev–Trinajstić information content (AvgIpc) is 3.21. The fourth-order valence-corrected chi connectivity index (χ4v) is 8.92. The largest absolute Gasteiger partial charge is 0.462 e. The van der Waals surface area contributed by atoms with Crippen molar-refractivity contribution in [2.75, 3.05) is 0 Å². The van der Waals surface area contributed by atoms with Gasteiger partial charge in [0.25, 0.3) is 0 Å². The summed E-state index contributed by atoms with van der Waals surface area (Å²) in [4.78, 5) is 23.4. The Hall–Kier alpha value is -1.32. The van der Waals surface area contributed by atoms with Gasteiger partial charge in [0, 0.05) is 25.7 Å². The topological polar surface area (TPSA) is 52.6 Å². The van der Waals surface area contributed by atoms with Gasteiger partial charge < -0.3 is 9.47 Å². The Kier molecular flexibility index (Phi) is 4.69. The van der Waals surface area contributed by atoms with E-state index in [-0.39, 0.29) is 34.5 Å². The van der Waals surface area contributed by atoms with Crippen LogP contribution < -0.4 is 0 Å². The van der Waals surface area contributed by atoms with Crippen molar-refractivity contribution in [1.82, 2.24) is 0 Å². The first-order chi connectivity index (χ1) is 14.2. The summed E-state index contributed by atoms with van der Waals surface area (Å²) in [6.07, 6.45) is 13.3. The molecule has 0 N–H and O–H groups in total. The van der Waals surface area contributed by atoms with E-state index < -0.39 is 0 Å². The zero-order chi connectivity index (χ0) is 21.3. The number of carbonyl (C=O) groups is 2. The molecule has 1 aliphatic heterocycles. The fourth-order valence-electron chi connectivity index (χ4n) is 8.92. The van der Waals surface area contributed by atoms with E-state index in [9.17, 15) is 9.59 Å². The molecule has 1 heterocycles. The van der Waals surface area contributed by atoms with Crippen LogP contribution in [0.4, 0.5) is 0 Å². The van der Waals surface area contributed by atoms with Gasteiger partial charge in [0.15, 0.2) is 0 Å². The number of carbonyl (C=O) groups excluding carboxylic acids is 2. The Labute approximate surface area is 181 Å². The van der Waals surface area contributed by atoms with Crippen molar-refractivity contribution in [2.45, 2.75) is 104 Å². The highest BCUT2D eigenvalue weighted by atomic mass is 16.6. The van der Waals surface area contributed by atoms with Crippen molar-refractivity contribution in [3.63, 3.8) is 0 Å². The number of allylic oxidation sites excluding steroid dienone is 1. The van der Waals surface area contributed by atoms with Crippen molar-refractivity contribution >= 4 is 11.9 Å². The van der Waals surface area contributed by atoms with Gasteiger partial charge in [-0.2, -0.15) is 0 Å². The molecule has 0 bridgehead atoms. The first-order valence-corrected chi connectivity index (χ1v) is 12.2. The minimum Gasteiger partial charge on any atom is -0.462 e. The quantitative estimate of drug-likeness (QED) is 0.436. The standard InChI is InChI=1S/C26H38O4/c1-16(27)29-18-9-12-24(2)17(15-18)5-6-19-20-7-8-22(25(20,3)13-10-21(19)24)26(4)14-11-23(28)30-26/h5,18-22H,6-15H2,1-4H3/t18-,19?,20?,21?,22?,24-,25-,26?/m0/s1. The van der Waals surface area contributed by atoms with E-state index in [2.05, 4.69) is 26.8 Å². The Morgan fingerprint density at radius 1 is 1.07 bits per heavy atom. The van der Waals surface area contributed by atoms with Gasteiger partial charge in [-0.25, -0.2) is 0 Å². The molecule has 4 fully saturated rings. The lowest BCUT2D eigenvalue weighted by atomic mass is 9.46. The third kappa shape index (κ3) is 2.92. The van der Waals surface area contributed by atoms with Gasteiger partial charge in [0.05, 0.1) is 0 Å². The summed E-state index contributed by atoms with van der Waals surface area (Å²) in [5, 5.41) is 0. The lowest BCUT2D eigenvalue weighted by molar-refractivity contribution is -0.159. The second kappa shape index (κ2) is 6.84. The van der Waals surface area contributed by atoms with E-state index in [1.807, 2.05) is 0 Å². The molecule has 5 rings (SSSR count). The zero-order valence-electron chi connectivity index (χ0n) is 19.2. The number of fused-ring (bicyclic) bond motifs is 5. The molecule has 0 aromatic rings. The minimum absolute atomic E-state index is 0.000489. The number of cyclic esters (lactones) is 1. The summed E-state index contributed by atoms with van der Waals surface area (Å²) < 4.78 is 11.5. The molecule has 0 amide bonds. The maximum atomic E-state index is 11.9. The van der Waals surface area contributed by atoms with Crippen LogP contribution in [0.25, 0.3) is 0 Å². The third-order valence-corrected chi connectivity index (χ3v) is 10.3. The van der Waals surface area contributed by atoms with Crippen LogP contribution in [0.2, 0.25) is 0 Å². The summed E-state index contributed by atoms with van der Waals surface area (Å²) in [7, 11) is 0. The van der Waals surface area contributed by atoms with Crippen LogP contribution in [0.1, 0.15) is 91.9 Å². The molecule has 4 nitrogen and oxygen atoms in total. The number of rotatable bonds is 2. The molecule has 1 saturated heterocycles. The molecule has 0 aromatic heterocycles. The van der Waals surface area contributed by atoms with E-state index in [1.54, 1.807) is 5.57 Å². The third-order valence-electron chi connectivity index (χ3n) is 10.3.